The van der Waals surface area contributed by atoms with Crippen LogP contribution in [0.15, 0.2) is 36.7 Å². The zero-order valence-corrected chi connectivity index (χ0v) is 18.5. The molecule has 33 heavy (non-hydrogen) atoms. The molecule has 5 rings (SSSR count). The van der Waals surface area contributed by atoms with Crippen LogP contribution in [0.25, 0.3) is 5.69 Å². The Morgan fingerprint density at radius 2 is 2.12 bits per heavy atom. The minimum Gasteiger partial charge on any atom is -0.465 e. The van der Waals surface area contributed by atoms with E-state index < -0.39 is 6.09 Å². The zero-order chi connectivity index (χ0) is 22.8. The molecule has 1 unspecified atom stereocenters. The van der Waals surface area contributed by atoms with Crippen molar-refractivity contribution >= 4 is 23.5 Å². The van der Waals surface area contributed by atoms with Crippen LogP contribution in [0.2, 0.25) is 0 Å². The first kappa shape index (κ1) is 21.2. The van der Waals surface area contributed by atoms with Gasteiger partial charge < -0.3 is 29.9 Å². The van der Waals surface area contributed by atoms with E-state index in [4.69, 9.17) is 14.7 Å². The van der Waals surface area contributed by atoms with Gasteiger partial charge in [-0.25, -0.2) is 14.8 Å². The second kappa shape index (κ2) is 9.07. The number of carbonyl (C=O) groups is 1. The first-order valence-electron chi connectivity index (χ1n) is 11.2. The molecule has 3 N–H and O–H groups in total. The average Bonchev–Trinajstić information content (AvgIpc) is 3.49. The fourth-order valence-corrected chi connectivity index (χ4v) is 4.28. The molecule has 1 saturated heterocycles. The Labute approximate surface area is 191 Å². The van der Waals surface area contributed by atoms with Crippen LogP contribution in [0.4, 0.5) is 22.2 Å². The van der Waals surface area contributed by atoms with Gasteiger partial charge in [0.1, 0.15) is 11.6 Å². The third-order valence-electron chi connectivity index (χ3n) is 6.08. The molecule has 3 aromatic rings. The van der Waals surface area contributed by atoms with Crippen LogP contribution in [0, 0.1) is 6.92 Å². The smallest absolute Gasteiger partial charge is 0.407 e. The first-order valence-corrected chi connectivity index (χ1v) is 11.2. The Bertz CT molecular complexity index is 1140. The van der Waals surface area contributed by atoms with Crippen molar-refractivity contribution in [1.29, 1.82) is 0 Å². The SMILES string of the molecule is Cc1nccn1-c1ccc(Nc2nc3c(c(NCC4CCCO4)n2)CN(C(=O)O)CC3)cc1. The summed E-state index contributed by atoms with van der Waals surface area (Å²) in [7, 11) is 0. The molecule has 1 atom stereocenters. The monoisotopic (exact) mass is 449 g/mol. The van der Waals surface area contributed by atoms with Gasteiger partial charge in [-0.15, -0.1) is 0 Å². The van der Waals surface area contributed by atoms with Crippen LogP contribution in [0.3, 0.4) is 0 Å². The molecule has 1 fully saturated rings. The molecule has 4 heterocycles. The van der Waals surface area contributed by atoms with E-state index in [1.54, 1.807) is 6.20 Å². The minimum atomic E-state index is -0.929. The van der Waals surface area contributed by atoms with E-state index in [-0.39, 0.29) is 12.6 Å². The average molecular weight is 450 g/mol. The number of nitrogens with one attached hydrogen (secondary N) is 2. The number of anilines is 3. The normalized spacial score (nSPS) is 17.6. The van der Waals surface area contributed by atoms with E-state index in [1.807, 2.05) is 42.0 Å². The Morgan fingerprint density at radius 1 is 1.27 bits per heavy atom. The molecule has 2 aromatic heterocycles. The highest BCUT2D eigenvalue weighted by Crippen LogP contribution is 2.27. The summed E-state index contributed by atoms with van der Waals surface area (Å²) in [6, 6.07) is 7.97. The number of imidazole rings is 1. The number of benzene rings is 1. The number of nitrogens with zero attached hydrogens (tertiary/aromatic N) is 5. The molecule has 1 aromatic carbocycles. The van der Waals surface area contributed by atoms with Gasteiger partial charge in [0.25, 0.3) is 0 Å². The fourth-order valence-electron chi connectivity index (χ4n) is 4.28. The number of hydrogen-bond acceptors (Lipinski definition) is 7. The molecule has 0 spiro atoms. The van der Waals surface area contributed by atoms with Gasteiger partial charge in [-0.2, -0.15) is 4.98 Å². The summed E-state index contributed by atoms with van der Waals surface area (Å²) >= 11 is 0. The third kappa shape index (κ3) is 4.61. The molecular formula is C23H27N7O3. The molecule has 2 aliphatic heterocycles. The highest BCUT2D eigenvalue weighted by molar-refractivity contribution is 5.67. The van der Waals surface area contributed by atoms with Crippen LogP contribution in [0.5, 0.6) is 0 Å². The highest BCUT2D eigenvalue weighted by Gasteiger charge is 2.26. The summed E-state index contributed by atoms with van der Waals surface area (Å²) in [5.74, 6) is 2.07. The zero-order valence-electron chi connectivity index (χ0n) is 18.5. The minimum absolute atomic E-state index is 0.144. The van der Waals surface area contributed by atoms with E-state index in [0.29, 0.717) is 31.3 Å². The molecule has 0 saturated carbocycles. The maximum absolute atomic E-state index is 11.5. The van der Waals surface area contributed by atoms with E-state index >= 15 is 0 Å². The topological polar surface area (TPSA) is 117 Å². The van der Waals surface area contributed by atoms with Crippen molar-refractivity contribution < 1.29 is 14.6 Å². The van der Waals surface area contributed by atoms with Crippen molar-refractivity contribution in [1.82, 2.24) is 24.4 Å². The van der Waals surface area contributed by atoms with Gasteiger partial charge in [0, 0.05) is 55.4 Å². The van der Waals surface area contributed by atoms with Crippen molar-refractivity contribution in [2.75, 3.05) is 30.3 Å². The van der Waals surface area contributed by atoms with E-state index in [9.17, 15) is 9.90 Å². The lowest BCUT2D eigenvalue weighted by Crippen LogP contribution is -2.36. The highest BCUT2D eigenvalue weighted by atomic mass is 16.5. The number of fused-ring (bicyclic) bond motifs is 1. The number of hydrogen-bond donors (Lipinski definition) is 3. The van der Waals surface area contributed by atoms with Crippen molar-refractivity contribution in [2.24, 2.45) is 0 Å². The predicted octanol–water partition coefficient (Wildman–Crippen LogP) is 3.34. The third-order valence-corrected chi connectivity index (χ3v) is 6.08. The molecule has 0 bridgehead atoms. The lowest BCUT2D eigenvalue weighted by Gasteiger charge is -2.28. The van der Waals surface area contributed by atoms with Crippen LogP contribution >= 0.6 is 0 Å². The van der Waals surface area contributed by atoms with E-state index in [2.05, 4.69) is 15.6 Å². The summed E-state index contributed by atoms with van der Waals surface area (Å²) in [5.41, 5.74) is 3.59. The summed E-state index contributed by atoms with van der Waals surface area (Å²) in [4.78, 5) is 26.6. The number of amides is 1. The lowest BCUT2D eigenvalue weighted by atomic mass is 10.1. The number of rotatable bonds is 6. The van der Waals surface area contributed by atoms with Gasteiger partial charge in [-0.1, -0.05) is 0 Å². The number of carboxylic acid groups (broad SMARTS) is 1. The molecule has 172 valence electrons. The molecule has 0 aliphatic carbocycles. The number of aromatic nitrogens is 4. The van der Waals surface area contributed by atoms with Crippen molar-refractivity contribution in [3.8, 4) is 5.69 Å². The molecule has 2 aliphatic rings. The van der Waals surface area contributed by atoms with Gasteiger partial charge in [0.15, 0.2) is 0 Å². The molecule has 1 amide bonds. The summed E-state index contributed by atoms with van der Waals surface area (Å²) in [5, 5.41) is 16.1. The number of ether oxygens (including phenoxy) is 1. The maximum atomic E-state index is 11.5. The maximum Gasteiger partial charge on any atom is 0.407 e. The lowest BCUT2D eigenvalue weighted by molar-refractivity contribution is 0.120. The van der Waals surface area contributed by atoms with Crippen LogP contribution in [0.1, 0.15) is 29.9 Å². The predicted molar refractivity (Wildman–Crippen MR) is 123 cm³/mol. The van der Waals surface area contributed by atoms with Crippen molar-refractivity contribution in [3.63, 3.8) is 0 Å². The van der Waals surface area contributed by atoms with Crippen molar-refractivity contribution in [3.05, 3.63) is 53.7 Å². The molecule has 10 heteroatoms. The second-order valence-electron chi connectivity index (χ2n) is 8.31. The summed E-state index contributed by atoms with van der Waals surface area (Å²) in [6.45, 7) is 4.07. The Hall–Kier alpha value is -3.66. The van der Waals surface area contributed by atoms with Crippen LogP contribution in [-0.4, -0.2) is 61.4 Å². The van der Waals surface area contributed by atoms with Gasteiger partial charge in [-0.05, 0) is 44.0 Å². The van der Waals surface area contributed by atoms with Gasteiger partial charge >= 0.3 is 6.09 Å². The number of aryl methyl sites for hydroxylation is 1. The van der Waals surface area contributed by atoms with Gasteiger partial charge in [0.05, 0.1) is 18.3 Å². The first-order chi connectivity index (χ1) is 16.1. The Balaban J connectivity index is 1.38. The van der Waals surface area contributed by atoms with E-state index in [1.165, 1.54) is 4.90 Å². The largest absolute Gasteiger partial charge is 0.465 e. The molecule has 10 nitrogen and oxygen atoms in total. The second-order valence-corrected chi connectivity index (χ2v) is 8.31. The van der Waals surface area contributed by atoms with Crippen LogP contribution in [-0.2, 0) is 17.7 Å². The fraction of sp³-hybridized carbons (Fsp3) is 0.391. The molecular weight excluding hydrogens is 422 g/mol. The van der Waals surface area contributed by atoms with E-state index in [0.717, 1.165) is 47.9 Å². The van der Waals surface area contributed by atoms with Gasteiger partial charge in [-0.3, -0.25) is 0 Å². The Kier molecular flexibility index (Phi) is 5.82. The Morgan fingerprint density at radius 3 is 2.82 bits per heavy atom. The summed E-state index contributed by atoms with van der Waals surface area (Å²) < 4.78 is 7.74. The summed E-state index contributed by atoms with van der Waals surface area (Å²) in [6.07, 6.45) is 5.53. The quantitative estimate of drug-likeness (QED) is 0.525. The standard InChI is InChI=1S/C23H27N7O3/c1-15-24-9-11-30(15)17-6-4-16(5-7-17)26-22-27-20-8-10-29(23(31)32)14-19(20)21(28-22)25-13-18-3-2-12-33-18/h4-7,9,11,18H,2-3,8,10,12-14H2,1H3,(H,31,32)(H2,25,26,27,28). The molecule has 0 radical (unpaired) electrons. The van der Waals surface area contributed by atoms with Crippen LogP contribution < -0.4 is 10.6 Å². The van der Waals surface area contributed by atoms with Crippen molar-refractivity contribution in [2.45, 2.75) is 38.8 Å². The van der Waals surface area contributed by atoms with Gasteiger partial charge in [0.2, 0.25) is 5.95 Å².